The van der Waals surface area contributed by atoms with Crippen molar-refractivity contribution in [2.45, 2.75) is 37.0 Å². The van der Waals surface area contributed by atoms with Gasteiger partial charge in [0.2, 0.25) is 10.0 Å². The molecule has 2 saturated heterocycles. The molecule has 0 atom stereocenters. The van der Waals surface area contributed by atoms with Crippen LogP contribution >= 0.6 is 0 Å². The zero-order chi connectivity index (χ0) is 18.7. The van der Waals surface area contributed by atoms with Crippen molar-refractivity contribution >= 4 is 21.9 Å². The van der Waals surface area contributed by atoms with Crippen molar-refractivity contribution in [3.05, 3.63) is 29.8 Å². The molecule has 2 aliphatic rings. The van der Waals surface area contributed by atoms with E-state index >= 15 is 0 Å². The number of benzene rings is 1. The van der Waals surface area contributed by atoms with Crippen molar-refractivity contribution in [3.8, 4) is 0 Å². The molecule has 0 radical (unpaired) electrons. The van der Waals surface area contributed by atoms with Crippen LogP contribution in [0.2, 0.25) is 0 Å². The second-order valence-electron chi connectivity index (χ2n) is 6.90. The number of amides is 1. The van der Waals surface area contributed by atoms with Crippen molar-refractivity contribution in [3.63, 3.8) is 0 Å². The number of sulfonamides is 1. The van der Waals surface area contributed by atoms with Crippen LogP contribution in [0.5, 0.6) is 0 Å². The van der Waals surface area contributed by atoms with Crippen molar-refractivity contribution in [1.82, 2.24) is 9.21 Å². The molecule has 7 nitrogen and oxygen atoms in total. The molecule has 1 N–H and O–H groups in total. The number of carbonyl (C=O) groups excluding carboxylic acids is 1. The second-order valence-corrected chi connectivity index (χ2v) is 8.84. The summed E-state index contributed by atoms with van der Waals surface area (Å²) in [5.74, 6) is -1.49. The minimum Gasteiger partial charge on any atom is -0.481 e. The van der Waals surface area contributed by atoms with Crippen LogP contribution in [0, 0.1) is 5.92 Å². The molecule has 2 heterocycles. The van der Waals surface area contributed by atoms with Crippen LogP contribution in [0.4, 0.5) is 0 Å². The number of rotatable bonds is 4. The van der Waals surface area contributed by atoms with Gasteiger partial charge in [-0.25, -0.2) is 8.42 Å². The Labute approximate surface area is 153 Å². The van der Waals surface area contributed by atoms with Crippen LogP contribution in [0.1, 0.15) is 42.5 Å². The third-order valence-electron chi connectivity index (χ3n) is 5.17. The summed E-state index contributed by atoms with van der Waals surface area (Å²) in [6.45, 7) is 1.78. The van der Waals surface area contributed by atoms with Gasteiger partial charge in [-0.3, -0.25) is 9.59 Å². The third-order valence-corrected chi connectivity index (χ3v) is 7.06. The predicted molar refractivity (Wildman–Crippen MR) is 95.3 cm³/mol. The first-order valence-electron chi connectivity index (χ1n) is 9.02. The topological polar surface area (TPSA) is 95.0 Å². The van der Waals surface area contributed by atoms with Crippen molar-refractivity contribution in [2.24, 2.45) is 5.92 Å². The fourth-order valence-corrected chi connectivity index (χ4v) is 5.12. The predicted octanol–water partition coefficient (Wildman–Crippen LogP) is 1.80. The lowest BCUT2D eigenvalue weighted by atomic mass is 9.96. The van der Waals surface area contributed by atoms with Gasteiger partial charge >= 0.3 is 5.97 Å². The highest BCUT2D eigenvalue weighted by molar-refractivity contribution is 7.89. The molecule has 26 heavy (non-hydrogen) atoms. The Morgan fingerprint density at radius 1 is 1.00 bits per heavy atom. The highest BCUT2D eigenvalue weighted by Crippen LogP contribution is 2.23. The normalized spacial score (nSPS) is 20.1. The number of hydrogen-bond donors (Lipinski definition) is 1. The minimum absolute atomic E-state index is 0.144. The van der Waals surface area contributed by atoms with Gasteiger partial charge < -0.3 is 10.0 Å². The monoisotopic (exact) mass is 380 g/mol. The van der Waals surface area contributed by atoms with Crippen LogP contribution in [-0.4, -0.2) is 60.8 Å². The second kappa shape index (κ2) is 7.75. The van der Waals surface area contributed by atoms with Crippen molar-refractivity contribution < 1.29 is 23.1 Å². The summed E-state index contributed by atoms with van der Waals surface area (Å²) >= 11 is 0. The molecule has 3 rings (SSSR count). The zero-order valence-corrected chi connectivity index (χ0v) is 15.5. The number of nitrogens with zero attached hydrogens (tertiary/aromatic N) is 2. The summed E-state index contributed by atoms with van der Waals surface area (Å²) in [5, 5.41) is 9.06. The molecule has 0 aliphatic carbocycles. The molecule has 0 aromatic heterocycles. The molecule has 142 valence electrons. The van der Waals surface area contributed by atoms with Crippen molar-refractivity contribution in [1.29, 1.82) is 0 Å². The average Bonchev–Trinajstić information content (AvgIpc) is 2.68. The van der Waals surface area contributed by atoms with Gasteiger partial charge in [0.25, 0.3) is 5.91 Å². The van der Waals surface area contributed by atoms with E-state index in [1.165, 1.54) is 16.4 Å². The fourth-order valence-electron chi connectivity index (χ4n) is 3.56. The Balaban J connectivity index is 1.75. The largest absolute Gasteiger partial charge is 0.481 e. The van der Waals surface area contributed by atoms with E-state index in [1.54, 1.807) is 17.0 Å². The van der Waals surface area contributed by atoms with Gasteiger partial charge in [0, 0.05) is 31.7 Å². The standard InChI is InChI=1S/C18H24N2O5S/c21-17(19-11-7-14(8-12-19)18(22)23)15-5-4-6-16(13-15)26(24,25)20-9-2-1-3-10-20/h4-6,13-14H,1-3,7-12H2,(H,22,23). The maximum absolute atomic E-state index is 12.8. The molecular weight excluding hydrogens is 356 g/mol. The van der Waals surface area contributed by atoms with E-state index in [0.29, 0.717) is 44.6 Å². The summed E-state index contributed by atoms with van der Waals surface area (Å²) in [5.41, 5.74) is 0.330. The van der Waals surface area contributed by atoms with E-state index < -0.39 is 21.9 Å². The van der Waals surface area contributed by atoms with Gasteiger partial charge in [0.05, 0.1) is 10.8 Å². The maximum Gasteiger partial charge on any atom is 0.306 e. The van der Waals surface area contributed by atoms with E-state index in [1.807, 2.05) is 0 Å². The fraction of sp³-hybridized carbons (Fsp3) is 0.556. The van der Waals surface area contributed by atoms with Crippen LogP contribution in [0.3, 0.4) is 0 Å². The number of piperidine rings is 2. The summed E-state index contributed by atoms with van der Waals surface area (Å²) in [4.78, 5) is 25.5. The van der Waals surface area contributed by atoms with Crippen LogP contribution in [0.15, 0.2) is 29.2 Å². The summed E-state index contributed by atoms with van der Waals surface area (Å²) < 4.78 is 27.1. The van der Waals surface area contributed by atoms with Gasteiger partial charge in [0.1, 0.15) is 0 Å². The number of carbonyl (C=O) groups is 2. The molecule has 0 saturated carbocycles. The van der Waals surface area contributed by atoms with Crippen molar-refractivity contribution in [2.75, 3.05) is 26.2 Å². The Morgan fingerprint density at radius 2 is 1.65 bits per heavy atom. The van der Waals surface area contributed by atoms with E-state index in [0.717, 1.165) is 19.3 Å². The minimum atomic E-state index is -3.58. The molecule has 0 unspecified atom stereocenters. The van der Waals surface area contributed by atoms with E-state index in [2.05, 4.69) is 0 Å². The number of carboxylic acid groups (broad SMARTS) is 1. The SMILES string of the molecule is O=C(O)C1CCN(C(=O)c2cccc(S(=O)(=O)N3CCCCC3)c2)CC1. The van der Waals surface area contributed by atoms with Gasteiger partial charge in [-0.2, -0.15) is 4.31 Å². The molecule has 2 aliphatic heterocycles. The molecule has 8 heteroatoms. The molecule has 0 spiro atoms. The molecule has 0 bridgehead atoms. The lowest BCUT2D eigenvalue weighted by molar-refractivity contribution is -0.143. The summed E-state index contributed by atoms with van der Waals surface area (Å²) in [6.07, 6.45) is 3.60. The smallest absolute Gasteiger partial charge is 0.306 e. The molecule has 2 fully saturated rings. The van der Waals surface area contributed by atoms with Crippen LogP contribution in [-0.2, 0) is 14.8 Å². The Morgan fingerprint density at radius 3 is 2.27 bits per heavy atom. The Hall–Kier alpha value is -1.93. The van der Waals surface area contributed by atoms with Gasteiger partial charge in [0.15, 0.2) is 0 Å². The maximum atomic E-state index is 12.8. The van der Waals surface area contributed by atoms with E-state index in [-0.39, 0.29) is 10.8 Å². The first-order chi connectivity index (χ1) is 12.4. The number of carboxylic acids is 1. The lowest BCUT2D eigenvalue weighted by Gasteiger charge is -2.30. The molecule has 1 aromatic carbocycles. The number of likely N-dealkylation sites (tertiary alicyclic amines) is 1. The highest BCUT2D eigenvalue weighted by Gasteiger charge is 2.29. The Kier molecular flexibility index (Phi) is 5.62. The number of hydrogen-bond acceptors (Lipinski definition) is 4. The summed E-state index contributed by atoms with van der Waals surface area (Å²) in [7, 11) is -3.58. The Bertz CT molecular complexity index is 779. The van der Waals surface area contributed by atoms with Gasteiger partial charge in [-0.1, -0.05) is 12.5 Å². The third kappa shape index (κ3) is 3.91. The molecular formula is C18H24N2O5S. The van der Waals surface area contributed by atoms with E-state index in [9.17, 15) is 18.0 Å². The highest BCUT2D eigenvalue weighted by atomic mass is 32.2. The zero-order valence-electron chi connectivity index (χ0n) is 14.6. The average molecular weight is 380 g/mol. The summed E-state index contributed by atoms with van der Waals surface area (Å²) in [6, 6.07) is 6.17. The van der Waals surface area contributed by atoms with Gasteiger partial charge in [-0.15, -0.1) is 0 Å². The van der Waals surface area contributed by atoms with E-state index in [4.69, 9.17) is 5.11 Å². The van der Waals surface area contributed by atoms with Crippen LogP contribution < -0.4 is 0 Å². The lowest BCUT2D eigenvalue weighted by Crippen LogP contribution is -2.40. The first kappa shape index (κ1) is 18.8. The number of aliphatic carboxylic acids is 1. The first-order valence-corrected chi connectivity index (χ1v) is 10.5. The van der Waals surface area contributed by atoms with Crippen LogP contribution in [0.25, 0.3) is 0 Å². The molecule has 1 amide bonds. The van der Waals surface area contributed by atoms with Gasteiger partial charge in [-0.05, 0) is 43.9 Å². The molecule has 1 aromatic rings. The quantitative estimate of drug-likeness (QED) is 0.859.